The minimum atomic E-state index is -3.86. The quantitative estimate of drug-likeness (QED) is 0.292. The van der Waals surface area contributed by atoms with E-state index in [9.17, 15) is 23.1 Å². The number of aromatic amines is 1. The fourth-order valence-corrected chi connectivity index (χ4v) is 3.97. The summed E-state index contributed by atoms with van der Waals surface area (Å²) in [7, 11) is -3.86. The standard InChI is InChI=1S/C17H16N6O5S2/c24-13(6-9-29-17-21-14(25)10-15(26)22-17)20-11-2-4-12(5-3-11)30(27,28)23-16-18-7-1-8-19-16/h1-5,7-8,10H,6,9H2,(H,20,24)(H,18,19,23)(H2,21,22,25,26). The Morgan fingerprint density at radius 2 is 1.87 bits per heavy atom. The topological polar surface area (TPSA) is 167 Å². The number of anilines is 2. The number of carbonyl (C=O) groups is 1. The summed E-state index contributed by atoms with van der Waals surface area (Å²) in [6.45, 7) is 0. The summed E-state index contributed by atoms with van der Waals surface area (Å²) in [4.78, 5) is 37.1. The summed E-state index contributed by atoms with van der Waals surface area (Å²) >= 11 is 1.11. The molecule has 0 aliphatic rings. The van der Waals surface area contributed by atoms with Gasteiger partial charge in [0.2, 0.25) is 17.7 Å². The van der Waals surface area contributed by atoms with E-state index >= 15 is 0 Å². The molecule has 3 aromatic rings. The number of aromatic nitrogens is 4. The van der Waals surface area contributed by atoms with Crippen molar-refractivity contribution in [3.63, 3.8) is 0 Å². The summed E-state index contributed by atoms with van der Waals surface area (Å²) in [5.41, 5.74) is -0.0680. The maximum absolute atomic E-state index is 12.3. The molecule has 1 aromatic carbocycles. The van der Waals surface area contributed by atoms with Gasteiger partial charge in [-0.15, -0.1) is 0 Å². The Hall–Kier alpha value is -3.45. The van der Waals surface area contributed by atoms with Crippen molar-refractivity contribution >= 4 is 39.3 Å². The molecule has 0 spiro atoms. The molecule has 156 valence electrons. The molecule has 0 atom stereocenters. The fraction of sp³-hybridized carbons (Fsp3) is 0.118. The molecule has 11 nitrogen and oxygen atoms in total. The molecule has 0 aliphatic carbocycles. The summed E-state index contributed by atoms with van der Waals surface area (Å²) in [6.07, 6.45) is 2.93. The molecule has 2 heterocycles. The van der Waals surface area contributed by atoms with Crippen molar-refractivity contribution in [2.75, 3.05) is 15.8 Å². The predicted octanol–water partition coefficient (Wildman–Crippen LogP) is 1.19. The number of amides is 1. The number of aromatic hydroxyl groups is 1. The second-order valence-electron chi connectivity index (χ2n) is 5.76. The lowest BCUT2D eigenvalue weighted by molar-refractivity contribution is -0.115. The normalized spacial score (nSPS) is 11.1. The third kappa shape index (κ3) is 6.02. The van der Waals surface area contributed by atoms with Crippen LogP contribution >= 0.6 is 11.8 Å². The molecule has 0 unspecified atom stereocenters. The van der Waals surface area contributed by atoms with E-state index in [4.69, 9.17) is 0 Å². The number of nitrogens with one attached hydrogen (secondary N) is 3. The highest BCUT2D eigenvalue weighted by Gasteiger charge is 2.15. The zero-order valence-corrected chi connectivity index (χ0v) is 16.9. The number of H-pyrrole nitrogens is 1. The van der Waals surface area contributed by atoms with Gasteiger partial charge in [0.15, 0.2) is 5.16 Å². The van der Waals surface area contributed by atoms with E-state index in [0.29, 0.717) is 11.4 Å². The van der Waals surface area contributed by atoms with Crippen LogP contribution in [0.3, 0.4) is 0 Å². The van der Waals surface area contributed by atoms with Crippen molar-refractivity contribution in [3.8, 4) is 5.88 Å². The second kappa shape index (κ2) is 9.37. The maximum atomic E-state index is 12.3. The maximum Gasteiger partial charge on any atom is 0.264 e. The Kier molecular flexibility index (Phi) is 6.64. The first-order valence-electron chi connectivity index (χ1n) is 8.45. The van der Waals surface area contributed by atoms with Crippen LogP contribution < -0.4 is 15.6 Å². The molecule has 0 saturated heterocycles. The van der Waals surface area contributed by atoms with E-state index in [1.54, 1.807) is 6.07 Å². The number of benzene rings is 1. The zero-order valence-electron chi connectivity index (χ0n) is 15.3. The molecular weight excluding hydrogens is 432 g/mol. The van der Waals surface area contributed by atoms with Crippen molar-refractivity contribution in [2.24, 2.45) is 0 Å². The lowest BCUT2D eigenvalue weighted by Gasteiger charge is -2.08. The predicted molar refractivity (Wildman–Crippen MR) is 110 cm³/mol. The average molecular weight is 448 g/mol. The van der Waals surface area contributed by atoms with Crippen molar-refractivity contribution < 1.29 is 18.3 Å². The van der Waals surface area contributed by atoms with Crippen molar-refractivity contribution in [3.05, 3.63) is 59.1 Å². The van der Waals surface area contributed by atoms with Crippen LogP contribution in [0.2, 0.25) is 0 Å². The molecule has 30 heavy (non-hydrogen) atoms. The highest BCUT2D eigenvalue weighted by Crippen LogP contribution is 2.18. The van der Waals surface area contributed by atoms with Gasteiger partial charge in [0, 0.05) is 30.3 Å². The molecule has 0 fully saturated rings. The van der Waals surface area contributed by atoms with Gasteiger partial charge in [-0.3, -0.25) is 9.59 Å². The number of carbonyl (C=O) groups excluding carboxylic acids is 1. The van der Waals surface area contributed by atoms with Crippen molar-refractivity contribution in [1.29, 1.82) is 0 Å². The lowest BCUT2D eigenvalue weighted by Crippen LogP contribution is -2.15. The van der Waals surface area contributed by atoms with Crippen LogP contribution in [0.15, 0.2) is 63.6 Å². The Labute approximate surface area is 175 Å². The van der Waals surface area contributed by atoms with E-state index in [1.807, 2.05) is 0 Å². The third-order valence-corrected chi connectivity index (χ3v) is 5.73. The van der Waals surface area contributed by atoms with Gasteiger partial charge in [0.25, 0.3) is 15.6 Å². The van der Waals surface area contributed by atoms with Gasteiger partial charge in [-0.1, -0.05) is 11.8 Å². The third-order valence-electron chi connectivity index (χ3n) is 3.51. The zero-order chi connectivity index (χ0) is 21.6. The SMILES string of the molecule is O=C(CCSc1nc(O)cc(=O)[nH]1)Nc1ccc(S(=O)(=O)Nc2ncccn2)cc1. The smallest absolute Gasteiger partial charge is 0.264 e. The van der Waals surface area contributed by atoms with Crippen molar-refractivity contribution in [1.82, 2.24) is 19.9 Å². The summed E-state index contributed by atoms with van der Waals surface area (Å²) < 4.78 is 26.9. The molecule has 13 heteroatoms. The second-order valence-corrected chi connectivity index (χ2v) is 8.52. The molecular formula is C17H16N6O5S2. The summed E-state index contributed by atoms with van der Waals surface area (Å²) in [5, 5.41) is 12.1. The molecule has 1 amide bonds. The van der Waals surface area contributed by atoms with Crippen LogP contribution in [0, 0.1) is 0 Å². The molecule has 0 radical (unpaired) electrons. The molecule has 3 rings (SSSR count). The van der Waals surface area contributed by atoms with Crippen LogP contribution in [0.4, 0.5) is 11.6 Å². The summed E-state index contributed by atoms with van der Waals surface area (Å²) in [5.74, 6) is -0.438. The first-order chi connectivity index (χ1) is 14.3. The van der Waals surface area contributed by atoms with E-state index in [2.05, 4.69) is 30.0 Å². The number of rotatable bonds is 8. The number of sulfonamides is 1. The van der Waals surface area contributed by atoms with Gasteiger partial charge in [-0.25, -0.2) is 23.1 Å². The molecule has 0 aliphatic heterocycles. The molecule has 0 bridgehead atoms. The van der Waals surface area contributed by atoms with E-state index in [-0.39, 0.29) is 28.3 Å². The Bertz CT molecular complexity index is 1180. The molecule has 2 aromatic heterocycles. The van der Waals surface area contributed by atoms with Crippen LogP contribution in [0.25, 0.3) is 0 Å². The molecule has 4 N–H and O–H groups in total. The minimum absolute atomic E-state index is 0.0116. The Morgan fingerprint density at radius 1 is 1.17 bits per heavy atom. The van der Waals surface area contributed by atoms with Gasteiger partial charge >= 0.3 is 0 Å². The van der Waals surface area contributed by atoms with Gasteiger partial charge in [-0.2, -0.15) is 4.98 Å². The summed E-state index contributed by atoms with van der Waals surface area (Å²) in [6, 6.07) is 8.11. The number of hydrogen-bond donors (Lipinski definition) is 4. The largest absolute Gasteiger partial charge is 0.493 e. The Morgan fingerprint density at radius 3 is 2.53 bits per heavy atom. The number of nitrogens with zero attached hydrogens (tertiary/aromatic N) is 3. The van der Waals surface area contributed by atoms with Crippen LogP contribution in [0.1, 0.15) is 6.42 Å². The number of hydrogen-bond acceptors (Lipinski definition) is 9. The highest BCUT2D eigenvalue weighted by atomic mass is 32.2. The van der Waals surface area contributed by atoms with E-state index in [0.717, 1.165) is 17.8 Å². The van der Waals surface area contributed by atoms with Gasteiger partial charge in [0.05, 0.1) is 11.0 Å². The van der Waals surface area contributed by atoms with Crippen LogP contribution in [-0.4, -0.2) is 45.1 Å². The molecule has 0 saturated carbocycles. The van der Waals surface area contributed by atoms with Gasteiger partial charge < -0.3 is 15.4 Å². The van der Waals surface area contributed by atoms with Gasteiger partial charge in [0.1, 0.15) is 0 Å². The monoisotopic (exact) mass is 448 g/mol. The highest BCUT2D eigenvalue weighted by molar-refractivity contribution is 7.99. The first kappa shape index (κ1) is 21.3. The van der Waals surface area contributed by atoms with Crippen LogP contribution in [-0.2, 0) is 14.8 Å². The van der Waals surface area contributed by atoms with Crippen molar-refractivity contribution in [2.45, 2.75) is 16.5 Å². The average Bonchev–Trinajstić information content (AvgIpc) is 2.68. The Balaban J connectivity index is 1.53. The van der Waals surface area contributed by atoms with E-state index < -0.39 is 21.5 Å². The minimum Gasteiger partial charge on any atom is -0.493 e. The van der Waals surface area contributed by atoms with Crippen LogP contribution in [0.5, 0.6) is 5.88 Å². The van der Waals surface area contributed by atoms with Gasteiger partial charge in [-0.05, 0) is 30.3 Å². The number of thioether (sulfide) groups is 1. The fourth-order valence-electron chi connectivity index (χ4n) is 2.20. The first-order valence-corrected chi connectivity index (χ1v) is 10.9. The van der Waals surface area contributed by atoms with E-state index in [1.165, 1.54) is 36.7 Å². The lowest BCUT2D eigenvalue weighted by atomic mass is 10.3.